The molecule has 2 aromatic rings. The fourth-order valence-corrected chi connectivity index (χ4v) is 3.45. The minimum atomic E-state index is -3.41. The van der Waals surface area contributed by atoms with E-state index in [-0.39, 0.29) is 0 Å². The third-order valence-electron chi connectivity index (χ3n) is 3.17. The molecule has 0 aromatic heterocycles. The van der Waals surface area contributed by atoms with Crippen molar-refractivity contribution in [1.29, 1.82) is 0 Å². The molecule has 0 aliphatic carbocycles. The molecule has 3 heteroatoms. The summed E-state index contributed by atoms with van der Waals surface area (Å²) in [5.41, 5.74) is 2.86. The maximum Gasteiger partial charge on any atom is 0.206 e. The summed E-state index contributed by atoms with van der Waals surface area (Å²) in [5, 5.41) is 0. The second-order valence-electron chi connectivity index (χ2n) is 4.51. The SMILES string of the molecule is Cc1ccc(S(=O)(=O)c2ccccc2C)cc1C. The highest BCUT2D eigenvalue weighted by molar-refractivity contribution is 7.91. The Balaban J connectivity index is 2.62. The van der Waals surface area contributed by atoms with Gasteiger partial charge in [-0.15, -0.1) is 0 Å². The predicted octanol–water partition coefficient (Wildman–Crippen LogP) is 3.44. The van der Waals surface area contributed by atoms with Gasteiger partial charge in [-0.05, 0) is 55.7 Å². The van der Waals surface area contributed by atoms with Gasteiger partial charge in [0.05, 0.1) is 9.79 Å². The summed E-state index contributed by atoms with van der Waals surface area (Å²) in [6.45, 7) is 5.71. The van der Waals surface area contributed by atoms with Crippen molar-refractivity contribution < 1.29 is 8.42 Å². The topological polar surface area (TPSA) is 34.1 Å². The molecule has 18 heavy (non-hydrogen) atoms. The van der Waals surface area contributed by atoms with Crippen LogP contribution in [0, 0.1) is 20.8 Å². The smallest absolute Gasteiger partial charge is 0.206 e. The van der Waals surface area contributed by atoms with Crippen molar-refractivity contribution >= 4 is 9.84 Å². The zero-order valence-electron chi connectivity index (χ0n) is 10.8. The molecule has 0 aliphatic heterocycles. The average Bonchev–Trinajstić information content (AvgIpc) is 2.33. The number of aryl methyl sites for hydroxylation is 3. The summed E-state index contributed by atoms with van der Waals surface area (Å²) in [6, 6.07) is 12.3. The van der Waals surface area contributed by atoms with Crippen molar-refractivity contribution in [2.75, 3.05) is 0 Å². The molecule has 0 atom stereocenters. The fraction of sp³-hybridized carbons (Fsp3) is 0.200. The minimum absolute atomic E-state index is 0.361. The summed E-state index contributed by atoms with van der Waals surface area (Å²) < 4.78 is 25.0. The molecule has 94 valence electrons. The number of rotatable bonds is 2. The van der Waals surface area contributed by atoms with Gasteiger partial charge < -0.3 is 0 Å². The van der Waals surface area contributed by atoms with Gasteiger partial charge in [-0.25, -0.2) is 8.42 Å². The highest BCUT2D eigenvalue weighted by atomic mass is 32.2. The predicted molar refractivity (Wildman–Crippen MR) is 72.5 cm³/mol. The van der Waals surface area contributed by atoms with Crippen LogP contribution in [0.15, 0.2) is 52.3 Å². The molecule has 0 heterocycles. The number of hydrogen-bond acceptors (Lipinski definition) is 2. The Morgan fingerprint density at radius 1 is 0.778 bits per heavy atom. The van der Waals surface area contributed by atoms with E-state index in [2.05, 4.69) is 0 Å². The molecule has 0 aliphatic rings. The molecule has 0 amide bonds. The standard InChI is InChI=1S/C15H16O2S/c1-11-8-9-14(10-13(11)3)18(16,17)15-7-5-4-6-12(15)2/h4-10H,1-3H3. The Morgan fingerprint density at radius 2 is 1.44 bits per heavy atom. The van der Waals surface area contributed by atoms with Gasteiger partial charge in [-0.3, -0.25) is 0 Å². The van der Waals surface area contributed by atoms with Gasteiger partial charge in [0.15, 0.2) is 0 Å². The Labute approximate surface area is 108 Å². The van der Waals surface area contributed by atoms with Crippen LogP contribution in [-0.4, -0.2) is 8.42 Å². The summed E-state index contributed by atoms with van der Waals surface area (Å²) in [7, 11) is -3.41. The lowest BCUT2D eigenvalue weighted by Crippen LogP contribution is -2.04. The van der Waals surface area contributed by atoms with E-state index < -0.39 is 9.84 Å². The lowest BCUT2D eigenvalue weighted by atomic mass is 10.1. The lowest BCUT2D eigenvalue weighted by Gasteiger charge is -2.09. The highest BCUT2D eigenvalue weighted by Crippen LogP contribution is 2.25. The van der Waals surface area contributed by atoms with Crippen LogP contribution in [0.1, 0.15) is 16.7 Å². The maximum absolute atomic E-state index is 12.5. The zero-order valence-corrected chi connectivity index (χ0v) is 11.6. The van der Waals surface area contributed by atoms with Gasteiger partial charge >= 0.3 is 0 Å². The van der Waals surface area contributed by atoms with Crippen molar-refractivity contribution in [3.05, 3.63) is 59.2 Å². The Hall–Kier alpha value is -1.61. The number of sulfone groups is 1. The normalized spacial score (nSPS) is 11.5. The zero-order chi connectivity index (χ0) is 13.3. The van der Waals surface area contributed by atoms with Crippen LogP contribution >= 0.6 is 0 Å². The van der Waals surface area contributed by atoms with Crippen molar-refractivity contribution in [1.82, 2.24) is 0 Å². The van der Waals surface area contributed by atoms with E-state index in [4.69, 9.17) is 0 Å². The monoisotopic (exact) mass is 260 g/mol. The van der Waals surface area contributed by atoms with Crippen molar-refractivity contribution in [3.63, 3.8) is 0 Å². The first-order valence-corrected chi connectivity index (χ1v) is 7.29. The molecule has 0 saturated heterocycles. The molecule has 2 nitrogen and oxygen atoms in total. The largest absolute Gasteiger partial charge is 0.219 e. The van der Waals surface area contributed by atoms with Crippen LogP contribution < -0.4 is 0 Å². The Kier molecular flexibility index (Phi) is 3.26. The van der Waals surface area contributed by atoms with E-state index in [1.165, 1.54) is 0 Å². The molecule has 0 unspecified atom stereocenters. The van der Waals surface area contributed by atoms with E-state index in [0.717, 1.165) is 16.7 Å². The quantitative estimate of drug-likeness (QED) is 0.829. The summed E-state index contributed by atoms with van der Waals surface area (Å²) in [4.78, 5) is 0.744. The molecule has 0 bridgehead atoms. The van der Waals surface area contributed by atoms with Crippen molar-refractivity contribution in [2.24, 2.45) is 0 Å². The van der Waals surface area contributed by atoms with E-state index in [1.54, 1.807) is 24.3 Å². The van der Waals surface area contributed by atoms with Crippen molar-refractivity contribution in [2.45, 2.75) is 30.6 Å². The molecular weight excluding hydrogens is 244 g/mol. The Morgan fingerprint density at radius 3 is 2.06 bits per heavy atom. The van der Waals surface area contributed by atoms with Crippen LogP contribution in [0.25, 0.3) is 0 Å². The van der Waals surface area contributed by atoms with Gasteiger partial charge in [-0.1, -0.05) is 24.3 Å². The molecule has 2 rings (SSSR count). The molecule has 0 spiro atoms. The Bertz CT molecular complexity index is 685. The first-order valence-electron chi connectivity index (χ1n) is 5.81. The number of hydrogen-bond donors (Lipinski definition) is 0. The van der Waals surface area contributed by atoms with Gasteiger partial charge in [0.2, 0.25) is 9.84 Å². The minimum Gasteiger partial charge on any atom is -0.219 e. The second-order valence-corrected chi connectivity index (χ2v) is 6.43. The third kappa shape index (κ3) is 2.18. The maximum atomic E-state index is 12.5. The lowest BCUT2D eigenvalue weighted by molar-refractivity contribution is 0.595. The fourth-order valence-electron chi connectivity index (χ4n) is 1.87. The highest BCUT2D eigenvalue weighted by Gasteiger charge is 2.19. The van der Waals surface area contributed by atoms with E-state index in [1.807, 2.05) is 39.0 Å². The van der Waals surface area contributed by atoms with E-state index in [9.17, 15) is 8.42 Å². The van der Waals surface area contributed by atoms with Gasteiger partial charge in [-0.2, -0.15) is 0 Å². The summed E-state index contributed by atoms with van der Waals surface area (Å²) in [6.07, 6.45) is 0. The van der Waals surface area contributed by atoms with Crippen LogP contribution in [0.4, 0.5) is 0 Å². The van der Waals surface area contributed by atoms with Crippen LogP contribution in [0.2, 0.25) is 0 Å². The molecule has 0 radical (unpaired) electrons. The van der Waals surface area contributed by atoms with Crippen LogP contribution in [0.5, 0.6) is 0 Å². The van der Waals surface area contributed by atoms with Gasteiger partial charge in [0, 0.05) is 0 Å². The van der Waals surface area contributed by atoms with Gasteiger partial charge in [0.25, 0.3) is 0 Å². The molecule has 2 aromatic carbocycles. The number of benzene rings is 2. The van der Waals surface area contributed by atoms with Crippen LogP contribution in [0.3, 0.4) is 0 Å². The molecule has 0 saturated carbocycles. The molecular formula is C15H16O2S. The van der Waals surface area contributed by atoms with E-state index in [0.29, 0.717) is 9.79 Å². The van der Waals surface area contributed by atoms with Gasteiger partial charge in [0.1, 0.15) is 0 Å². The van der Waals surface area contributed by atoms with Crippen LogP contribution in [-0.2, 0) is 9.84 Å². The average molecular weight is 260 g/mol. The van der Waals surface area contributed by atoms with E-state index >= 15 is 0 Å². The second kappa shape index (κ2) is 4.58. The third-order valence-corrected chi connectivity index (χ3v) is 5.08. The van der Waals surface area contributed by atoms with Crippen molar-refractivity contribution in [3.8, 4) is 0 Å². The first-order chi connectivity index (χ1) is 8.43. The first kappa shape index (κ1) is 12.8. The molecule has 0 fully saturated rings. The molecule has 0 N–H and O–H groups in total. The summed E-state index contributed by atoms with van der Waals surface area (Å²) in [5.74, 6) is 0. The summed E-state index contributed by atoms with van der Waals surface area (Å²) >= 11 is 0.